The quantitative estimate of drug-likeness (QED) is 0.538. The molecule has 180 valence electrons. The van der Waals surface area contributed by atoms with E-state index in [1.807, 2.05) is 31.3 Å². The Labute approximate surface area is 212 Å². The first kappa shape index (κ1) is 25.1. The van der Waals surface area contributed by atoms with Gasteiger partial charge in [-0.2, -0.15) is 0 Å². The number of sulfonamides is 1. The molecule has 0 aliphatic carbocycles. The van der Waals surface area contributed by atoms with Crippen molar-refractivity contribution in [3.63, 3.8) is 0 Å². The maximum atomic E-state index is 12.4. The van der Waals surface area contributed by atoms with Crippen molar-refractivity contribution in [1.29, 1.82) is 0 Å². The van der Waals surface area contributed by atoms with Crippen LogP contribution in [0.3, 0.4) is 0 Å². The minimum Gasteiger partial charge on any atom is -0.319 e. The van der Waals surface area contributed by atoms with Gasteiger partial charge in [0.1, 0.15) is 0 Å². The summed E-state index contributed by atoms with van der Waals surface area (Å²) in [6.07, 6.45) is 4.11. The molecule has 4 rings (SSSR count). The summed E-state index contributed by atoms with van der Waals surface area (Å²) in [7, 11) is -1.37. The van der Waals surface area contributed by atoms with Crippen LogP contribution in [0, 0.1) is 0 Å². The molecule has 1 fully saturated rings. The molecule has 0 unspecified atom stereocenters. The molecule has 33 heavy (non-hydrogen) atoms. The average Bonchev–Trinajstić information content (AvgIpc) is 3.08. The van der Waals surface area contributed by atoms with Crippen molar-refractivity contribution in [1.82, 2.24) is 10.2 Å². The number of likely N-dealkylation sites (N-methyl/N-ethyl adjacent to an activating group) is 1. The Morgan fingerprint density at radius 3 is 2.42 bits per heavy atom. The summed E-state index contributed by atoms with van der Waals surface area (Å²) in [5.74, 6) is 0.340. The molecular weight excluding hydrogens is 501 g/mol. The van der Waals surface area contributed by atoms with Gasteiger partial charge in [0.25, 0.3) is 0 Å². The minimum atomic E-state index is -3.33. The molecule has 0 aromatic heterocycles. The lowest BCUT2D eigenvalue weighted by molar-refractivity contribution is 0.163. The van der Waals surface area contributed by atoms with Crippen LogP contribution in [0.1, 0.15) is 36.3 Å². The summed E-state index contributed by atoms with van der Waals surface area (Å²) in [5, 5.41) is 5.11. The van der Waals surface area contributed by atoms with Gasteiger partial charge in [0.2, 0.25) is 10.0 Å². The van der Waals surface area contributed by atoms with Crippen LogP contribution in [0.15, 0.2) is 36.4 Å². The van der Waals surface area contributed by atoms with Crippen molar-refractivity contribution < 1.29 is 8.42 Å². The smallest absolute Gasteiger partial charge is 0.232 e. The molecule has 0 saturated carbocycles. The number of piperidine rings is 1. The lowest BCUT2D eigenvalue weighted by Crippen LogP contribution is -2.46. The Kier molecular flexibility index (Phi) is 7.54. The van der Waals surface area contributed by atoms with Gasteiger partial charge < -0.3 is 10.2 Å². The second kappa shape index (κ2) is 9.92. The molecule has 1 atom stereocenters. The molecule has 1 N–H and O–H groups in total. The molecule has 9 heteroatoms. The van der Waals surface area contributed by atoms with E-state index in [1.54, 1.807) is 10.4 Å². The highest BCUT2D eigenvalue weighted by Gasteiger charge is 2.47. The van der Waals surface area contributed by atoms with Gasteiger partial charge in [-0.3, -0.25) is 4.31 Å². The predicted octanol–water partition coefficient (Wildman–Crippen LogP) is 5.15. The van der Waals surface area contributed by atoms with Gasteiger partial charge in [0, 0.05) is 23.5 Å². The second-order valence-corrected chi connectivity index (χ2v) is 12.4. The van der Waals surface area contributed by atoms with Crippen LogP contribution in [0.2, 0.25) is 15.1 Å². The fraction of sp³-hybridized carbons (Fsp3) is 0.500. The molecule has 2 aliphatic rings. The average molecular weight is 531 g/mol. The zero-order valence-electron chi connectivity index (χ0n) is 19.0. The highest BCUT2D eigenvalue weighted by molar-refractivity contribution is 7.92. The Morgan fingerprint density at radius 1 is 1.06 bits per heavy atom. The maximum absolute atomic E-state index is 12.4. The largest absolute Gasteiger partial charge is 0.319 e. The van der Waals surface area contributed by atoms with E-state index in [2.05, 4.69) is 16.3 Å². The van der Waals surface area contributed by atoms with Gasteiger partial charge in [-0.1, -0.05) is 40.9 Å². The number of fused-ring (bicyclic) bond motifs is 2. The van der Waals surface area contributed by atoms with Crippen LogP contribution in [0.25, 0.3) is 0 Å². The number of hydrogen-bond donors (Lipinski definition) is 1. The third-order valence-electron chi connectivity index (χ3n) is 7.12. The Balaban J connectivity index is 1.44. The van der Waals surface area contributed by atoms with E-state index in [-0.39, 0.29) is 5.41 Å². The number of halogens is 3. The highest BCUT2D eigenvalue weighted by Crippen LogP contribution is 2.48. The summed E-state index contributed by atoms with van der Waals surface area (Å²) in [5.41, 5.74) is 2.87. The van der Waals surface area contributed by atoms with E-state index >= 15 is 0 Å². The van der Waals surface area contributed by atoms with Gasteiger partial charge in [0.15, 0.2) is 0 Å². The normalized spacial score (nSPS) is 19.1. The van der Waals surface area contributed by atoms with Crippen molar-refractivity contribution in [2.45, 2.75) is 30.6 Å². The second-order valence-electron chi connectivity index (χ2n) is 9.27. The van der Waals surface area contributed by atoms with Gasteiger partial charge in [-0.25, -0.2) is 8.42 Å². The number of benzene rings is 2. The van der Waals surface area contributed by atoms with Gasteiger partial charge >= 0.3 is 0 Å². The van der Waals surface area contributed by atoms with Crippen molar-refractivity contribution in [2.24, 2.45) is 0 Å². The standard InChI is InChI=1S/C24H30Cl3N3O2S/c1-28-15-18(17-3-5-21(26)22(27)13-17)7-10-29-11-8-24(9-12-29)16-30(33(2,31)32)23-6-4-19(25)14-20(23)24/h3-6,13-14,18,28H,7-12,15-16H2,1-2H3/t18-/m1/s1. The van der Waals surface area contributed by atoms with Crippen LogP contribution >= 0.6 is 34.8 Å². The SMILES string of the molecule is CNC[C@@H](CCN1CCC2(CC1)CN(S(C)(=O)=O)c1ccc(Cl)cc12)c1ccc(Cl)c(Cl)c1. The number of anilines is 1. The number of nitrogens with one attached hydrogen (secondary N) is 1. The third-order valence-corrected chi connectivity index (χ3v) is 9.22. The Hall–Kier alpha value is -1.02. The molecule has 2 heterocycles. The summed E-state index contributed by atoms with van der Waals surface area (Å²) in [6.45, 7) is 4.20. The highest BCUT2D eigenvalue weighted by atomic mass is 35.5. The monoisotopic (exact) mass is 529 g/mol. The lowest BCUT2D eigenvalue weighted by atomic mass is 9.74. The Morgan fingerprint density at radius 2 is 1.79 bits per heavy atom. The first-order chi connectivity index (χ1) is 15.6. The van der Waals surface area contributed by atoms with Crippen LogP contribution in [-0.2, 0) is 15.4 Å². The van der Waals surface area contributed by atoms with Crippen molar-refractivity contribution >= 4 is 50.5 Å². The third kappa shape index (κ3) is 5.31. The first-order valence-electron chi connectivity index (χ1n) is 11.2. The summed E-state index contributed by atoms with van der Waals surface area (Å²) in [4.78, 5) is 2.48. The van der Waals surface area contributed by atoms with E-state index in [0.717, 1.165) is 56.7 Å². The molecular formula is C24H30Cl3N3O2S. The molecule has 0 radical (unpaired) electrons. The molecule has 1 spiro atoms. The molecule has 0 amide bonds. The zero-order chi connectivity index (χ0) is 23.8. The number of hydrogen-bond acceptors (Lipinski definition) is 4. The van der Waals surface area contributed by atoms with E-state index in [1.165, 1.54) is 11.8 Å². The van der Waals surface area contributed by atoms with Crippen LogP contribution in [0.5, 0.6) is 0 Å². The van der Waals surface area contributed by atoms with E-state index in [4.69, 9.17) is 34.8 Å². The maximum Gasteiger partial charge on any atom is 0.232 e. The van der Waals surface area contributed by atoms with E-state index in [9.17, 15) is 8.42 Å². The van der Waals surface area contributed by atoms with Crippen LogP contribution in [0.4, 0.5) is 5.69 Å². The van der Waals surface area contributed by atoms with Gasteiger partial charge in [-0.15, -0.1) is 0 Å². The van der Waals surface area contributed by atoms with Crippen LogP contribution in [-0.4, -0.2) is 59.3 Å². The summed E-state index contributed by atoms with van der Waals surface area (Å²) >= 11 is 18.7. The summed E-state index contributed by atoms with van der Waals surface area (Å²) < 4.78 is 26.5. The number of rotatable bonds is 7. The molecule has 2 aromatic rings. The Bertz CT molecular complexity index is 1120. The van der Waals surface area contributed by atoms with Gasteiger partial charge in [0.05, 0.1) is 22.0 Å². The van der Waals surface area contributed by atoms with E-state index in [0.29, 0.717) is 27.5 Å². The van der Waals surface area contributed by atoms with Crippen LogP contribution < -0.4 is 9.62 Å². The molecule has 0 bridgehead atoms. The minimum absolute atomic E-state index is 0.173. The molecule has 1 saturated heterocycles. The lowest BCUT2D eigenvalue weighted by Gasteiger charge is -2.40. The molecule has 2 aliphatic heterocycles. The number of nitrogens with zero attached hydrogens (tertiary/aromatic N) is 2. The molecule has 2 aromatic carbocycles. The fourth-order valence-corrected chi connectivity index (χ4v) is 6.74. The van der Waals surface area contributed by atoms with Gasteiger partial charge in [-0.05, 0) is 93.3 Å². The topological polar surface area (TPSA) is 52.6 Å². The fourth-order valence-electron chi connectivity index (χ4n) is 5.26. The van der Waals surface area contributed by atoms with Crippen molar-refractivity contribution in [3.05, 3.63) is 62.6 Å². The predicted molar refractivity (Wildman–Crippen MR) is 139 cm³/mol. The van der Waals surface area contributed by atoms with Crippen molar-refractivity contribution in [2.75, 3.05) is 50.3 Å². The first-order valence-corrected chi connectivity index (χ1v) is 14.2. The zero-order valence-corrected chi connectivity index (χ0v) is 22.0. The van der Waals surface area contributed by atoms with E-state index < -0.39 is 10.0 Å². The number of likely N-dealkylation sites (tertiary alicyclic amines) is 1. The summed E-state index contributed by atoms with van der Waals surface area (Å²) in [6, 6.07) is 11.5. The van der Waals surface area contributed by atoms with Crippen molar-refractivity contribution in [3.8, 4) is 0 Å². The molecule has 5 nitrogen and oxygen atoms in total.